The van der Waals surface area contributed by atoms with E-state index in [0.29, 0.717) is 6.04 Å². The van der Waals surface area contributed by atoms with Gasteiger partial charge in [-0.3, -0.25) is 9.80 Å². The van der Waals surface area contributed by atoms with Crippen LogP contribution in [0.15, 0.2) is 0 Å². The van der Waals surface area contributed by atoms with Gasteiger partial charge in [-0.25, -0.2) is 0 Å². The lowest BCUT2D eigenvalue weighted by molar-refractivity contribution is 0.0900. The number of nitrogens with zero attached hydrogens (tertiary/aromatic N) is 2. The third kappa shape index (κ3) is 3.46. The average molecular weight is 253 g/mol. The molecular formula is C15H31N3. The maximum Gasteiger partial charge on any atom is 0.0224 e. The predicted molar refractivity (Wildman–Crippen MR) is 78.0 cm³/mol. The van der Waals surface area contributed by atoms with Gasteiger partial charge in [-0.15, -0.1) is 0 Å². The first-order valence-corrected chi connectivity index (χ1v) is 7.94. The molecule has 0 spiro atoms. The molecule has 3 unspecified atom stereocenters. The quantitative estimate of drug-likeness (QED) is 0.778. The highest BCUT2D eigenvalue weighted by Crippen LogP contribution is 2.22. The molecule has 0 amide bonds. The van der Waals surface area contributed by atoms with Crippen molar-refractivity contribution in [2.24, 2.45) is 5.92 Å². The van der Waals surface area contributed by atoms with E-state index in [1.165, 1.54) is 52.0 Å². The molecule has 2 heterocycles. The van der Waals surface area contributed by atoms with E-state index in [4.69, 9.17) is 0 Å². The molecule has 2 fully saturated rings. The van der Waals surface area contributed by atoms with Crippen LogP contribution in [0.5, 0.6) is 0 Å². The second kappa shape index (κ2) is 6.88. The molecule has 3 nitrogen and oxygen atoms in total. The summed E-state index contributed by atoms with van der Waals surface area (Å²) in [6, 6.07) is 1.53. The fourth-order valence-electron chi connectivity index (χ4n) is 3.49. The standard InChI is InChI=1S/C15H31N3/c1-4-13(3)15(16-5-2)12-17-9-10-18-8-6-7-14(18)11-17/h13-16H,4-12H2,1-3H3. The van der Waals surface area contributed by atoms with Crippen LogP contribution in [0.25, 0.3) is 0 Å². The largest absolute Gasteiger partial charge is 0.313 e. The number of hydrogen-bond acceptors (Lipinski definition) is 3. The zero-order chi connectivity index (χ0) is 13.0. The SMILES string of the molecule is CCNC(CN1CCN2CCCC2C1)C(C)CC. The summed E-state index contributed by atoms with van der Waals surface area (Å²) in [7, 11) is 0. The van der Waals surface area contributed by atoms with Crippen LogP contribution < -0.4 is 5.32 Å². The van der Waals surface area contributed by atoms with Gasteiger partial charge in [-0.05, 0) is 31.8 Å². The van der Waals surface area contributed by atoms with Gasteiger partial charge >= 0.3 is 0 Å². The summed E-state index contributed by atoms with van der Waals surface area (Å²) < 4.78 is 0. The van der Waals surface area contributed by atoms with Gasteiger partial charge in [0.05, 0.1) is 0 Å². The molecule has 18 heavy (non-hydrogen) atoms. The lowest BCUT2D eigenvalue weighted by Crippen LogP contribution is -2.54. The number of hydrogen-bond donors (Lipinski definition) is 1. The fraction of sp³-hybridized carbons (Fsp3) is 1.00. The summed E-state index contributed by atoms with van der Waals surface area (Å²) in [6.45, 7) is 14.5. The summed E-state index contributed by atoms with van der Waals surface area (Å²) in [4.78, 5) is 5.40. The summed E-state index contributed by atoms with van der Waals surface area (Å²) in [5.41, 5.74) is 0. The molecule has 0 aromatic rings. The third-order valence-electron chi connectivity index (χ3n) is 4.92. The summed E-state index contributed by atoms with van der Waals surface area (Å²) in [5.74, 6) is 0.784. The second-order valence-corrected chi connectivity index (χ2v) is 6.14. The Balaban J connectivity index is 1.83. The highest BCUT2D eigenvalue weighted by molar-refractivity contribution is 4.88. The third-order valence-corrected chi connectivity index (χ3v) is 4.92. The Morgan fingerprint density at radius 1 is 1.22 bits per heavy atom. The minimum Gasteiger partial charge on any atom is -0.313 e. The lowest BCUT2D eigenvalue weighted by atomic mass is 9.98. The van der Waals surface area contributed by atoms with E-state index in [-0.39, 0.29) is 0 Å². The van der Waals surface area contributed by atoms with Gasteiger partial charge in [0.2, 0.25) is 0 Å². The van der Waals surface area contributed by atoms with Crippen molar-refractivity contribution in [3.63, 3.8) is 0 Å². The first-order valence-electron chi connectivity index (χ1n) is 7.94. The van der Waals surface area contributed by atoms with Crippen molar-refractivity contribution in [1.82, 2.24) is 15.1 Å². The highest BCUT2D eigenvalue weighted by Gasteiger charge is 2.31. The lowest BCUT2D eigenvalue weighted by Gasteiger charge is -2.40. The minimum absolute atomic E-state index is 0.674. The maximum atomic E-state index is 3.69. The predicted octanol–water partition coefficient (Wildman–Crippen LogP) is 1.79. The van der Waals surface area contributed by atoms with Crippen molar-refractivity contribution in [2.45, 2.75) is 52.1 Å². The fourth-order valence-corrected chi connectivity index (χ4v) is 3.49. The molecule has 0 aromatic heterocycles. The zero-order valence-corrected chi connectivity index (χ0v) is 12.5. The van der Waals surface area contributed by atoms with Crippen LogP contribution in [0.3, 0.4) is 0 Å². The van der Waals surface area contributed by atoms with E-state index in [9.17, 15) is 0 Å². The van der Waals surface area contributed by atoms with Gasteiger partial charge in [0.1, 0.15) is 0 Å². The number of nitrogens with one attached hydrogen (secondary N) is 1. The maximum absolute atomic E-state index is 3.69. The molecule has 0 aromatic carbocycles. The van der Waals surface area contributed by atoms with E-state index < -0.39 is 0 Å². The van der Waals surface area contributed by atoms with Gasteiger partial charge in [0, 0.05) is 38.3 Å². The Morgan fingerprint density at radius 2 is 2.06 bits per heavy atom. The van der Waals surface area contributed by atoms with Crippen LogP contribution in [0.1, 0.15) is 40.0 Å². The molecule has 3 atom stereocenters. The van der Waals surface area contributed by atoms with Crippen LogP contribution in [0, 0.1) is 5.92 Å². The molecule has 1 N–H and O–H groups in total. The van der Waals surface area contributed by atoms with Crippen LogP contribution in [-0.4, -0.2) is 61.2 Å². The Labute approximate surface area is 113 Å². The number of fused-ring (bicyclic) bond motifs is 1. The van der Waals surface area contributed by atoms with E-state index in [0.717, 1.165) is 18.5 Å². The first kappa shape index (κ1) is 14.3. The van der Waals surface area contributed by atoms with Gasteiger partial charge in [0.15, 0.2) is 0 Å². The molecule has 0 radical (unpaired) electrons. The van der Waals surface area contributed by atoms with Crippen LogP contribution in [0.2, 0.25) is 0 Å². The Bertz CT molecular complexity index is 244. The Kier molecular flexibility index (Phi) is 5.46. The molecule has 3 heteroatoms. The molecule has 2 saturated heterocycles. The van der Waals surface area contributed by atoms with Crippen molar-refractivity contribution in [1.29, 1.82) is 0 Å². The van der Waals surface area contributed by atoms with Gasteiger partial charge in [0.25, 0.3) is 0 Å². The van der Waals surface area contributed by atoms with Crippen LogP contribution >= 0.6 is 0 Å². The second-order valence-electron chi connectivity index (χ2n) is 6.14. The van der Waals surface area contributed by atoms with Crippen molar-refractivity contribution in [3.8, 4) is 0 Å². The number of likely N-dealkylation sites (N-methyl/N-ethyl adjacent to an activating group) is 1. The smallest absolute Gasteiger partial charge is 0.0224 e. The molecule has 2 rings (SSSR count). The molecule has 2 aliphatic heterocycles. The molecule has 0 saturated carbocycles. The summed E-state index contributed by atoms with van der Waals surface area (Å²) in [5, 5.41) is 3.69. The van der Waals surface area contributed by atoms with Crippen molar-refractivity contribution < 1.29 is 0 Å². The van der Waals surface area contributed by atoms with Gasteiger partial charge < -0.3 is 5.32 Å². The van der Waals surface area contributed by atoms with Gasteiger partial charge in [-0.1, -0.05) is 27.2 Å². The average Bonchev–Trinajstić information content (AvgIpc) is 2.84. The van der Waals surface area contributed by atoms with Crippen molar-refractivity contribution in [3.05, 3.63) is 0 Å². The summed E-state index contributed by atoms with van der Waals surface area (Å²) in [6.07, 6.45) is 4.12. The molecule has 0 aliphatic carbocycles. The highest BCUT2D eigenvalue weighted by atomic mass is 15.3. The van der Waals surface area contributed by atoms with E-state index in [1.807, 2.05) is 0 Å². The minimum atomic E-state index is 0.674. The van der Waals surface area contributed by atoms with E-state index >= 15 is 0 Å². The van der Waals surface area contributed by atoms with Crippen LogP contribution in [-0.2, 0) is 0 Å². The number of piperazine rings is 1. The van der Waals surface area contributed by atoms with E-state index in [1.54, 1.807) is 0 Å². The van der Waals surface area contributed by atoms with Gasteiger partial charge in [-0.2, -0.15) is 0 Å². The normalized spacial score (nSPS) is 29.2. The summed E-state index contributed by atoms with van der Waals surface area (Å²) >= 11 is 0. The number of rotatable bonds is 6. The van der Waals surface area contributed by atoms with Crippen LogP contribution in [0.4, 0.5) is 0 Å². The Morgan fingerprint density at radius 3 is 2.78 bits per heavy atom. The van der Waals surface area contributed by atoms with Crippen molar-refractivity contribution >= 4 is 0 Å². The molecule has 0 bridgehead atoms. The molecule has 106 valence electrons. The first-order chi connectivity index (χ1) is 8.74. The zero-order valence-electron chi connectivity index (χ0n) is 12.5. The Hall–Kier alpha value is -0.120. The topological polar surface area (TPSA) is 18.5 Å². The monoisotopic (exact) mass is 253 g/mol. The molecule has 2 aliphatic rings. The van der Waals surface area contributed by atoms with Crippen molar-refractivity contribution in [2.75, 3.05) is 39.3 Å². The molecular weight excluding hydrogens is 222 g/mol. The van der Waals surface area contributed by atoms with E-state index in [2.05, 4.69) is 35.9 Å².